The normalized spacial score (nSPS) is 16.6. The van der Waals surface area contributed by atoms with Gasteiger partial charge in [-0.3, -0.25) is 9.36 Å². The van der Waals surface area contributed by atoms with E-state index < -0.39 is 0 Å². The number of imidazole rings is 1. The van der Waals surface area contributed by atoms with Crippen LogP contribution in [0.3, 0.4) is 0 Å². The molecule has 10 heteroatoms. The van der Waals surface area contributed by atoms with Gasteiger partial charge in [0.1, 0.15) is 22.1 Å². The Morgan fingerprint density at radius 3 is 3.03 bits per heavy atom. The summed E-state index contributed by atoms with van der Waals surface area (Å²) >= 11 is 1.16. The lowest BCUT2D eigenvalue weighted by atomic mass is 10.1. The van der Waals surface area contributed by atoms with E-state index in [1.165, 1.54) is 4.68 Å². The van der Waals surface area contributed by atoms with Crippen molar-refractivity contribution in [3.8, 4) is 11.8 Å². The van der Waals surface area contributed by atoms with Gasteiger partial charge in [-0.2, -0.15) is 13.8 Å². The molecule has 1 aromatic carbocycles. The number of rotatable bonds is 4. The van der Waals surface area contributed by atoms with Gasteiger partial charge in [-0.15, -0.1) is 5.92 Å². The van der Waals surface area contributed by atoms with Crippen molar-refractivity contribution < 1.29 is 0 Å². The molecular weight excluding hydrogens is 412 g/mol. The number of nitrogens with two attached hydrogens (primary N) is 1. The molecule has 3 aromatic heterocycles. The number of piperidine rings is 1. The number of benzene rings is 1. The highest BCUT2D eigenvalue weighted by Gasteiger charge is 2.24. The minimum Gasteiger partial charge on any atom is -0.341 e. The number of nitrogens with zero attached hydrogens (tertiary/aromatic N) is 7. The van der Waals surface area contributed by atoms with Crippen molar-refractivity contribution in [2.45, 2.75) is 38.9 Å². The van der Waals surface area contributed by atoms with Crippen LogP contribution in [0.2, 0.25) is 0 Å². The quantitative estimate of drug-likeness (QED) is 0.486. The molecule has 1 aliphatic rings. The van der Waals surface area contributed by atoms with Crippen LogP contribution in [0.1, 0.15) is 25.3 Å². The van der Waals surface area contributed by atoms with E-state index in [1.54, 1.807) is 13.1 Å². The number of anilines is 1. The van der Waals surface area contributed by atoms with Gasteiger partial charge in [0.25, 0.3) is 5.56 Å². The van der Waals surface area contributed by atoms with Gasteiger partial charge in [-0.25, -0.2) is 9.67 Å². The van der Waals surface area contributed by atoms with Crippen molar-refractivity contribution in [3.63, 3.8) is 0 Å². The molecule has 0 aliphatic carbocycles. The summed E-state index contributed by atoms with van der Waals surface area (Å²) in [5, 5.41) is 4.39. The molecule has 158 valence electrons. The molecule has 1 atom stereocenters. The number of hydrogen-bond donors (Lipinski definition) is 1. The van der Waals surface area contributed by atoms with Gasteiger partial charge in [-0.1, -0.05) is 18.1 Å². The van der Waals surface area contributed by atoms with Gasteiger partial charge in [-0.05, 0) is 25.8 Å². The predicted octanol–water partition coefficient (Wildman–Crippen LogP) is 1.60. The van der Waals surface area contributed by atoms with Crippen LogP contribution < -0.4 is 16.2 Å². The maximum atomic E-state index is 13.5. The topological polar surface area (TPSA) is 108 Å². The zero-order chi connectivity index (χ0) is 21.4. The molecule has 0 saturated carbocycles. The van der Waals surface area contributed by atoms with E-state index >= 15 is 0 Å². The van der Waals surface area contributed by atoms with Gasteiger partial charge in [0.05, 0.1) is 31.0 Å². The van der Waals surface area contributed by atoms with Gasteiger partial charge < -0.3 is 10.6 Å². The van der Waals surface area contributed by atoms with Crippen molar-refractivity contribution >= 4 is 39.7 Å². The van der Waals surface area contributed by atoms with E-state index in [0.717, 1.165) is 53.7 Å². The third kappa shape index (κ3) is 3.56. The minimum atomic E-state index is -0.198. The van der Waals surface area contributed by atoms with Gasteiger partial charge >= 0.3 is 0 Å². The summed E-state index contributed by atoms with van der Waals surface area (Å²) in [5.74, 6) is 6.73. The Labute approximate surface area is 182 Å². The Balaban J connectivity index is 1.62. The molecule has 0 bridgehead atoms. The van der Waals surface area contributed by atoms with Crippen molar-refractivity contribution in [1.29, 1.82) is 0 Å². The van der Waals surface area contributed by atoms with E-state index in [9.17, 15) is 4.79 Å². The highest BCUT2D eigenvalue weighted by molar-refractivity contribution is 7.00. The first-order valence-corrected chi connectivity index (χ1v) is 11.0. The zero-order valence-electron chi connectivity index (χ0n) is 17.2. The molecule has 1 aliphatic heterocycles. The molecular formula is C21H22N8OS. The number of fused-ring (bicyclic) bond motifs is 2. The van der Waals surface area contributed by atoms with E-state index in [-0.39, 0.29) is 11.6 Å². The first kappa shape index (κ1) is 19.7. The van der Waals surface area contributed by atoms with Crippen LogP contribution in [0.15, 0.2) is 29.2 Å². The summed E-state index contributed by atoms with van der Waals surface area (Å²) in [6.07, 6.45) is 3.65. The second-order valence-electron chi connectivity index (χ2n) is 7.66. The summed E-state index contributed by atoms with van der Waals surface area (Å²) in [7, 11) is 0. The smallest absolute Gasteiger partial charge is 0.293 e. The van der Waals surface area contributed by atoms with E-state index in [0.29, 0.717) is 30.7 Å². The molecule has 1 fully saturated rings. The Bertz CT molecular complexity index is 1380. The fraction of sp³-hybridized carbons (Fsp3) is 0.381. The zero-order valence-corrected chi connectivity index (χ0v) is 18.0. The summed E-state index contributed by atoms with van der Waals surface area (Å²) < 4.78 is 12.0. The third-order valence-electron chi connectivity index (χ3n) is 5.58. The van der Waals surface area contributed by atoms with Crippen LogP contribution in [-0.2, 0) is 13.1 Å². The van der Waals surface area contributed by atoms with Crippen LogP contribution in [-0.4, -0.2) is 47.2 Å². The number of aromatic nitrogens is 6. The van der Waals surface area contributed by atoms with Crippen LogP contribution >= 0.6 is 11.7 Å². The van der Waals surface area contributed by atoms with Gasteiger partial charge in [0.2, 0.25) is 5.95 Å². The molecule has 5 rings (SSSR count). The Kier molecular flexibility index (Phi) is 5.13. The first-order chi connectivity index (χ1) is 15.2. The molecule has 4 heterocycles. The maximum absolute atomic E-state index is 13.5. The first-order valence-electron chi connectivity index (χ1n) is 10.2. The molecule has 9 nitrogen and oxygen atoms in total. The fourth-order valence-electron chi connectivity index (χ4n) is 4.08. The van der Waals surface area contributed by atoms with Gasteiger partial charge in [0, 0.05) is 24.7 Å². The Hall–Kier alpha value is -3.29. The fourth-order valence-corrected chi connectivity index (χ4v) is 4.65. The van der Waals surface area contributed by atoms with Crippen LogP contribution in [0.5, 0.6) is 0 Å². The van der Waals surface area contributed by atoms with Crippen LogP contribution in [0.4, 0.5) is 5.95 Å². The molecule has 0 radical (unpaired) electrons. The SMILES string of the molecule is CC#CCn1c(N2CCC[C@@H](N)C2)nc2cnn(Cc3cccc4nsnc34)c(=O)c21. The maximum Gasteiger partial charge on any atom is 0.293 e. The standard InChI is InChI=1S/C21H22N8OS/c1-2-3-10-28-19-17(24-21(28)27-9-5-7-15(22)13-27)11-23-29(20(19)30)12-14-6-4-8-16-18(14)26-31-25-16/h4,6,8,11,15H,5,7,9-10,12-13,22H2,1H3/t15-/m1/s1. The summed E-state index contributed by atoms with van der Waals surface area (Å²) in [6, 6.07) is 5.88. The highest BCUT2D eigenvalue weighted by Crippen LogP contribution is 2.23. The second-order valence-corrected chi connectivity index (χ2v) is 8.19. The van der Waals surface area contributed by atoms with Crippen molar-refractivity contribution in [1.82, 2.24) is 28.1 Å². The average molecular weight is 435 g/mol. The Morgan fingerprint density at radius 2 is 2.19 bits per heavy atom. The second kappa shape index (κ2) is 8.09. The molecule has 31 heavy (non-hydrogen) atoms. The lowest BCUT2D eigenvalue weighted by Crippen LogP contribution is -2.44. The lowest BCUT2D eigenvalue weighted by Gasteiger charge is -2.31. The van der Waals surface area contributed by atoms with E-state index in [1.807, 2.05) is 22.8 Å². The highest BCUT2D eigenvalue weighted by atomic mass is 32.1. The van der Waals surface area contributed by atoms with Crippen molar-refractivity contribution in [2.24, 2.45) is 5.73 Å². The molecule has 0 unspecified atom stereocenters. The molecule has 2 N–H and O–H groups in total. The van der Waals surface area contributed by atoms with E-state index in [4.69, 9.17) is 10.7 Å². The molecule has 0 amide bonds. The minimum absolute atomic E-state index is 0.0984. The largest absolute Gasteiger partial charge is 0.341 e. The summed E-state index contributed by atoms with van der Waals surface area (Å²) in [6.45, 7) is 4.06. The third-order valence-corrected chi connectivity index (χ3v) is 6.12. The molecule has 4 aromatic rings. The summed E-state index contributed by atoms with van der Waals surface area (Å²) in [5.41, 5.74) is 9.60. The monoisotopic (exact) mass is 434 g/mol. The van der Waals surface area contributed by atoms with Crippen LogP contribution in [0.25, 0.3) is 22.1 Å². The Morgan fingerprint density at radius 1 is 1.29 bits per heavy atom. The molecule has 1 saturated heterocycles. The van der Waals surface area contributed by atoms with Crippen LogP contribution in [0, 0.1) is 11.8 Å². The number of hydrogen-bond acceptors (Lipinski definition) is 8. The van der Waals surface area contributed by atoms with E-state index in [2.05, 4.69) is 30.6 Å². The lowest BCUT2D eigenvalue weighted by molar-refractivity contribution is 0.496. The molecule has 0 spiro atoms. The average Bonchev–Trinajstić information content (AvgIpc) is 3.40. The van der Waals surface area contributed by atoms with Crippen molar-refractivity contribution in [2.75, 3.05) is 18.0 Å². The predicted molar refractivity (Wildman–Crippen MR) is 121 cm³/mol. The summed E-state index contributed by atoms with van der Waals surface area (Å²) in [4.78, 5) is 20.4. The van der Waals surface area contributed by atoms with Crippen molar-refractivity contribution in [3.05, 3.63) is 40.3 Å². The van der Waals surface area contributed by atoms with Gasteiger partial charge in [0.15, 0.2) is 0 Å².